The van der Waals surface area contributed by atoms with Crippen LogP contribution in [0.1, 0.15) is 18.5 Å². The van der Waals surface area contributed by atoms with E-state index in [0.717, 1.165) is 0 Å². The fourth-order valence-electron chi connectivity index (χ4n) is 1.98. The molecule has 21 heavy (non-hydrogen) atoms. The molecule has 110 valence electrons. The Kier molecular flexibility index (Phi) is 5.06. The largest absolute Gasteiger partial charge is 0.494 e. The van der Waals surface area contributed by atoms with E-state index in [1.807, 2.05) is 6.92 Å². The summed E-state index contributed by atoms with van der Waals surface area (Å²) in [5.74, 6) is -0.322. The Bertz CT molecular complexity index is 630. The van der Waals surface area contributed by atoms with Crippen molar-refractivity contribution in [3.63, 3.8) is 0 Å². The van der Waals surface area contributed by atoms with Gasteiger partial charge in [0.2, 0.25) is 0 Å². The Balaban J connectivity index is 2.26. The summed E-state index contributed by atoms with van der Waals surface area (Å²) in [6.07, 6.45) is 0. The molecule has 0 spiro atoms. The number of ether oxygens (including phenoxy) is 1. The van der Waals surface area contributed by atoms with E-state index in [1.165, 1.54) is 0 Å². The summed E-state index contributed by atoms with van der Waals surface area (Å²) in [4.78, 5) is 11.5. The molecule has 2 N–H and O–H groups in total. The summed E-state index contributed by atoms with van der Waals surface area (Å²) in [6, 6.07) is 13.1. The standard InChI is InChI=1S/C16H16ClNO3/c1-2-21-14-8-3-5-11(9-14)15(16(19)20)18-13-7-4-6-12(17)10-13/h3-10,15,18H,2H2,1H3,(H,19,20). The summed E-state index contributed by atoms with van der Waals surface area (Å²) in [5.41, 5.74) is 1.27. The zero-order valence-electron chi connectivity index (χ0n) is 11.5. The molecule has 0 amide bonds. The summed E-state index contributed by atoms with van der Waals surface area (Å²) < 4.78 is 5.40. The fourth-order valence-corrected chi connectivity index (χ4v) is 2.17. The lowest BCUT2D eigenvalue weighted by Gasteiger charge is -2.17. The van der Waals surface area contributed by atoms with Crippen LogP contribution in [0.2, 0.25) is 5.02 Å². The highest BCUT2D eigenvalue weighted by Gasteiger charge is 2.20. The number of carbonyl (C=O) groups is 1. The third kappa shape index (κ3) is 4.13. The molecule has 0 bridgehead atoms. The van der Waals surface area contributed by atoms with Gasteiger partial charge in [-0.25, -0.2) is 4.79 Å². The van der Waals surface area contributed by atoms with E-state index >= 15 is 0 Å². The van der Waals surface area contributed by atoms with E-state index in [1.54, 1.807) is 48.5 Å². The molecule has 4 nitrogen and oxygen atoms in total. The molecule has 0 aliphatic rings. The molecule has 2 aromatic carbocycles. The Morgan fingerprint density at radius 3 is 2.71 bits per heavy atom. The van der Waals surface area contributed by atoms with Gasteiger partial charge >= 0.3 is 5.97 Å². The van der Waals surface area contributed by atoms with Crippen LogP contribution in [-0.2, 0) is 4.79 Å². The Morgan fingerprint density at radius 1 is 1.29 bits per heavy atom. The predicted molar refractivity (Wildman–Crippen MR) is 83.1 cm³/mol. The average Bonchev–Trinajstić information content (AvgIpc) is 2.45. The molecule has 1 unspecified atom stereocenters. The molecular formula is C16H16ClNO3. The van der Waals surface area contributed by atoms with E-state index in [9.17, 15) is 9.90 Å². The highest BCUT2D eigenvalue weighted by atomic mass is 35.5. The van der Waals surface area contributed by atoms with E-state index in [4.69, 9.17) is 16.3 Å². The third-order valence-electron chi connectivity index (χ3n) is 2.89. The molecule has 2 aromatic rings. The first-order valence-corrected chi connectivity index (χ1v) is 6.95. The van der Waals surface area contributed by atoms with Crippen molar-refractivity contribution in [2.75, 3.05) is 11.9 Å². The number of hydrogen-bond donors (Lipinski definition) is 2. The van der Waals surface area contributed by atoms with Gasteiger partial charge in [-0.15, -0.1) is 0 Å². The molecule has 0 heterocycles. The van der Waals surface area contributed by atoms with Gasteiger partial charge in [0, 0.05) is 10.7 Å². The Labute approximate surface area is 128 Å². The topological polar surface area (TPSA) is 58.6 Å². The Hall–Kier alpha value is -2.20. The molecule has 0 aliphatic carbocycles. The molecule has 0 saturated carbocycles. The lowest BCUT2D eigenvalue weighted by atomic mass is 10.1. The van der Waals surface area contributed by atoms with Crippen molar-refractivity contribution in [3.05, 3.63) is 59.1 Å². The molecule has 0 radical (unpaired) electrons. The molecule has 0 fully saturated rings. The fraction of sp³-hybridized carbons (Fsp3) is 0.188. The number of rotatable bonds is 6. The monoisotopic (exact) mass is 305 g/mol. The highest BCUT2D eigenvalue weighted by Crippen LogP contribution is 2.25. The van der Waals surface area contributed by atoms with Crippen LogP contribution in [-0.4, -0.2) is 17.7 Å². The first kappa shape index (κ1) is 15.2. The maximum absolute atomic E-state index is 11.5. The number of hydrogen-bond acceptors (Lipinski definition) is 3. The molecule has 0 saturated heterocycles. The van der Waals surface area contributed by atoms with E-state index < -0.39 is 12.0 Å². The van der Waals surface area contributed by atoms with Gasteiger partial charge in [-0.05, 0) is 42.8 Å². The first-order chi connectivity index (χ1) is 10.1. The normalized spacial score (nSPS) is 11.7. The minimum absolute atomic E-state index is 0.531. The third-order valence-corrected chi connectivity index (χ3v) is 3.12. The second-order valence-electron chi connectivity index (χ2n) is 4.43. The van der Waals surface area contributed by atoms with E-state index in [0.29, 0.717) is 28.6 Å². The molecule has 1 atom stereocenters. The van der Waals surface area contributed by atoms with Gasteiger partial charge in [-0.2, -0.15) is 0 Å². The van der Waals surface area contributed by atoms with Gasteiger partial charge in [-0.1, -0.05) is 29.8 Å². The second kappa shape index (κ2) is 6.99. The number of carboxylic acids is 1. The van der Waals surface area contributed by atoms with Crippen LogP contribution in [0.5, 0.6) is 5.75 Å². The highest BCUT2D eigenvalue weighted by molar-refractivity contribution is 6.30. The maximum atomic E-state index is 11.5. The summed E-state index contributed by atoms with van der Waals surface area (Å²) in [6.45, 7) is 2.41. The zero-order valence-corrected chi connectivity index (χ0v) is 12.3. The number of benzene rings is 2. The summed E-state index contributed by atoms with van der Waals surface area (Å²) in [7, 11) is 0. The molecule has 0 aliphatic heterocycles. The average molecular weight is 306 g/mol. The van der Waals surface area contributed by atoms with Crippen molar-refractivity contribution in [2.24, 2.45) is 0 Å². The van der Waals surface area contributed by atoms with Crippen LogP contribution in [0, 0.1) is 0 Å². The van der Waals surface area contributed by atoms with Gasteiger partial charge < -0.3 is 15.2 Å². The summed E-state index contributed by atoms with van der Waals surface area (Å²) in [5, 5.41) is 13.0. The van der Waals surface area contributed by atoms with E-state index in [-0.39, 0.29) is 0 Å². The van der Waals surface area contributed by atoms with Crippen molar-refractivity contribution in [2.45, 2.75) is 13.0 Å². The van der Waals surface area contributed by atoms with Crippen LogP contribution in [0.3, 0.4) is 0 Å². The number of aliphatic carboxylic acids is 1. The van der Waals surface area contributed by atoms with Gasteiger partial charge in [0.05, 0.1) is 6.61 Å². The van der Waals surface area contributed by atoms with Gasteiger partial charge in [-0.3, -0.25) is 0 Å². The SMILES string of the molecule is CCOc1cccc(C(Nc2cccc(Cl)c2)C(=O)O)c1. The minimum Gasteiger partial charge on any atom is -0.494 e. The Morgan fingerprint density at radius 2 is 2.05 bits per heavy atom. The van der Waals surface area contributed by atoms with Crippen molar-refractivity contribution in [3.8, 4) is 5.75 Å². The van der Waals surface area contributed by atoms with Crippen LogP contribution in [0.15, 0.2) is 48.5 Å². The molecule has 2 rings (SSSR count). The van der Waals surface area contributed by atoms with Crippen molar-refractivity contribution in [1.29, 1.82) is 0 Å². The van der Waals surface area contributed by atoms with Gasteiger partial charge in [0.15, 0.2) is 6.04 Å². The first-order valence-electron chi connectivity index (χ1n) is 6.58. The minimum atomic E-state index is -0.969. The molecular weight excluding hydrogens is 290 g/mol. The van der Waals surface area contributed by atoms with Crippen molar-refractivity contribution in [1.82, 2.24) is 0 Å². The zero-order chi connectivity index (χ0) is 15.2. The number of halogens is 1. The quantitative estimate of drug-likeness (QED) is 0.847. The lowest BCUT2D eigenvalue weighted by molar-refractivity contribution is -0.138. The van der Waals surface area contributed by atoms with Crippen LogP contribution < -0.4 is 10.1 Å². The number of carboxylic acid groups (broad SMARTS) is 1. The maximum Gasteiger partial charge on any atom is 0.330 e. The van der Waals surface area contributed by atoms with Crippen molar-refractivity contribution < 1.29 is 14.6 Å². The van der Waals surface area contributed by atoms with E-state index in [2.05, 4.69) is 5.32 Å². The van der Waals surface area contributed by atoms with Crippen LogP contribution >= 0.6 is 11.6 Å². The number of nitrogens with one attached hydrogen (secondary N) is 1. The summed E-state index contributed by atoms with van der Waals surface area (Å²) >= 11 is 5.91. The molecule has 0 aromatic heterocycles. The van der Waals surface area contributed by atoms with Crippen molar-refractivity contribution >= 4 is 23.3 Å². The van der Waals surface area contributed by atoms with Crippen LogP contribution in [0.25, 0.3) is 0 Å². The molecule has 5 heteroatoms. The van der Waals surface area contributed by atoms with Gasteiger partial charge in [0.1, 0.15) is 5.75 Å². The predicted octanol–water partition coefficient (Wildman–Crippen LogP) is 3.98. The lowest BCUT2D eigenvalue weighted by Crippen LogP contribution is -2.20. The van der Waals surface area contributed by atoms with Gasteiger partial charge in [0.25, 0.3) is 0 Å². The smallest absolute Gasteiger partial charge is 0.330 e. The second-order valence-corrected chi connectivity index (χ2v) is 4.87. The van der Waals surface area contributed by atoms with Crippen LogP contribution in [0.4, 0.5) is 5.69 Å². The number of anilines is 1.